The van der Waals surface area contributed by atoms with Crippen molar-refractivity contribution in [3.63, 3.8) is 0 Å². The highest BCUT2D eigenvalue weighted by molar-refractivity contribution is 14.0. The number of aryl methyl sites for hydroxylation is 1. The van der Waals surface area contributed by atoms with Gasteiger partial charge in [-0.1, -0.05) is 12.1 Å². The van der Waals surface area contributed by atoms with Gasteiger partial charge in [0, 0.05) is 32.6 Å². The molecule has 8 heteroatoms. The summed E-state index contributed by atoms with van der Waals surface area (Å²) in [5.74, 6) is 0.667. The fourth-order valence-corrected chi connectivity index (χ4v) is 3.47. The number of aliphatic imine (C=N–C) groups is 1. The molecule has 0 spiro atoms. The molecule has 0 bridgehead atoms. The summed E-state index contributed by atoms with van der Waals surface area (Å²) in [5, 5.41) is 6.37. The molecule has 1 aromatic heterocycles. The molecule has 0 amide bonds. The second-order valence-corrected chi connectivity index (χ2v) is 7.27. The second kappa shape index (κ2) is 13.1. The molecule has 5 nitrogen and oxygen atoms in total. The van der Waals surface area contributed by atoms with Crippen LogP contribution in [0.25, 0.3) is 0 Å². The van der Waals surface area contributed by atoms with Crippen molar-refractivity contribution in [2.45, 2.75) is 39.3 Å². The van der Waals surface area contributed by atoms with Crippen LogP contribution in [-0.2, 0) is 17.7 Å². The van der Waals surface area contributed by atoms with Crippen LogP contribution in [0.15, 0.2) is 34.6 Å². The maximum Gasteiger partial charge on any atom is 0.194 e. The number of hydrogen-bond acceptors (Lipinski definition) is 4. The first-order valence-corrected chi connectivity index (χ1v) is 10.1. The van der Waals surface area contributed by atoms with E-state index in [9.17, 15) is 4.39 Å². The SMILES string of the molecule is CCNC(=NCCCc1cccc(F)c1)N(C)Cc1csc(C(C)OC)n1.I. The van der Waals surface area contributed by atoms with Crippen molar-refractivity contribution in [1.82, 2.24) is 15.2 Å². The van der Waals surface area contributed by atoms with Crippen LogP contribution in [0.4, 0.5) is 4.39 Å². The molecule has 0 aliphatic heterocycles. The Morgan fingerprint density at radius 3 is 2.89 bits per heavy atom. The largest absolute Gasteiger partial charge is 0.375 e. The van der Waals surface area contributed by atoms with Crippen molar-refractivity contribution in [2.75, 3.05) is 27.2 Å². The predicted molar refractivity (Wildman–Crippen MR) is 125 cm³/mol. The number of aromatic nitrogens is 1. The molecule has 0 aliphatic rings. The van der Waals surface area contributed by atoms with E-state index in [0.717, 1.165) is 41.6 Å². The lowest BCUT2D eigenvalue weighted by Crippen LogP contribution is -2.38. The van der Waals surface area contributed by atoms with Crippen LogP contribution in [0, 0.1) is 5.82 Å². The van der Waals surface area contributed by atoms with Crippen molar-refractivity contribution in [3.8, 4) is 0 Å². The summed E-state index contributed by atoms with van der Waals surface area (Å²) >= 11 is 1.62. The minimum Gasteiger partial charge on any atom is -0.375 e. The van der Waals surface area contributed by atoms with E-state index < -0.39 is 0 Å². The number of ether oxygens (including phenoxy) is 1. The van der Waals surface area contributed by atoms with Gasteiger partial charge in [-0.2, -0.15) is 0 Å². The van der Waals surface area contributed by atoms with E-state index in [1.54, 1.807) is 30.6 Å². The van der Waals surface area contributed by atoms with Gasteiger partial charge in [0.05, 0.1) is 12.2 Å². The highest BCUT2D eigenvalue weighted by Gasteiger charge is 2.12. The highest BCUT2D eigenvalue weighted by Crippen LogP contribution is 2.20. The van der Waals surface area contributed by atoms with Gasteiger partial charge in [0.2, 0.25) is 0 Å². The number of rotatable bonds is 9. The first-order chi connectivity index (χ1) is 13.0. The molecule has 1 atom stereocenters. The molecule has 28 heavy (non-hydrogen) atoms. The van der Waals surface area contributed by atoms with E-state index in [2.05, 4.69) is 27.5 Å². The fraction of sp³-hybridized carbons (Fsp3) is 0.500. The van der Waals surface area contributed by atoms with Gasteiger partial charge in [-0.25, -0.2) is 9.37 Å². The molecule has 2 aromatic rings. The van der Waals surface area contributed by atoms with Gasteiger partial charge >= 0.3 is 0 Å². The Balaban J connectivity index is 0.00000392. The molecule has 156 valence electrons. The standard InChI is InChI=1S/C20H29FN4OS.HI/c1-5-22-20(23-11-7-9-16-8-6-10-17(21)12-16)25(3)13-18-14-27-19(24-18)15(2)26-4;/h6,8,10,12,14-15H,5,7,9,11,13H2,1-4H3,(H,22,23);1H. The summed E-state index contributed by atoms with van der Waals surface area (Å²) in [6.45, 7) is 6.22. The van der Waals surface area contributed by atoms with E-state index in [-0.39, 0.29) is 35.9 Å². The Morgan fingerprint density at radius 2 is 2.21 bits per heavy atom. The Hall–Kier alpha value is -1.26. The summed E-state index contributed by atoms with van der Waals surface area (Å²) in [5.41, 5.74) is 2.01. The topological polar surface area (TPSA) is 49.8 Å². The third-order valence-corrected chi connectivity index (χ3v) is 5.20. The van der Waals surface area contributed by atoms with Crippen molar-refractivity contribution < 1.29 is 9.13 Å². The average molecular weight is 520 g/mol. The van der Waals surface area contributed by atoms with Crippen LogP contribution in [-0.4, -0.2) is 43.1 Å². The lowest BCUT2D eigenvalue weighted by atomic mass is 10.1. The summed E-state index contributed by atoms with van der Waals surface area (Å²) in [7, 11) is 3.70. The molecule has 1 unspecified atom stereocenters. The van der Waals surface area contributed by atoms with Crippen molar-refractivity contribution in [3.05, 3.63) is 51.7 Å². The molecular formula is C20H30FIN4OS. The van der Waals surface area contributed by atoms with E-state index in [1.807, 2.05) is 20.0 Å². The van der Waals surface area contributed by atoms with Crippen molar-refractivity contribution >= 4 is 41.3 Å². The number of thiazole rings is 1. The quantitative estimate of drug-likeness (QED) is 0.227. The van der Waals surface area contributed by atoms with Crippen LogP contribution in [0.3, 0.4) is 0 Å². The average Bonchev–Trinajstić information content (AvgIpc) is 3.12. The van der Waals surface area contributed by atoms with Crippen LogP contribution in [0.5, 0.6) is 0 Å². The summed E-state index contributed by atoms with van der Waals surface area (Å²) in [4.78, 5) is 11.4. The lowest BCUT2D eigenvalue weighted by Gasteiger charge is -2.21. The molecular weight excluding hydrogens is 490 g/mol. The monoisotopic (exact) mass is 520 g/mol. The molecule has 0 saturated carbocycles. The number of guanidine groups is 1. The first-order valence-electron chi connectivity index (χ1n) is 9.24. The number of nitrogens with one attached hydrogen (secondary N) is 1. The number of nitrogens with zero attached hydrogens (tertiary/aromatic N) is 3. The maximum absolute atomic E-state index is 13.2. The van der Waals surface area contributed by atoms with Gasteiger partial charge in [-0.05, 0) is 44.4 Å². The zero-order valence-electron chi connectivity index (χ0n) is 16.9. The number of halogens is 2. The van der Waals surface area contributed by atoms with E-state index in [4.69, 9.17) is 9.73 Å². The van der Waals surface area contributed by atoms with Gasteiger partial charge in [0.15, 0.2) is 5.96 Å². The van der Waals surface area contributed by atoms with Crippen molar-refractivity contribution in [1.29, 1.82) is 0 Å². The van der Waals surface area contributed by atoms with Crippen molar-refractivity contribution in [2.24, 2.45) is 4.99 Å². The molecule has 1 heterocycles. The maximum atomic E-state index is 13.2. The Bertz CT molecular complexity index is 741. The van der Waals surface area contributed by atoms with Crippen LogP contribution >= 0.6 is 35.3 Å². The van der Waals surface area contributed by atoms with Gasteiger partial charge in [0.1, 0.15) is 16.9 Å². The fourth-order valence-electron chi connectivity index (χ4n) is 2.63. The van der Waals surface area contributed by atoms with E-state index >= 15 is 0 Å². The molecule has 0 aliphatic carbocycles. The zero-order valence-corrected chi connectivity index (χ0v) is 20.1. The minimum absolute atomic E-state index is 0. The minimum atomic E-state index is -0.186. The number of methoxy groups -OCH3 is 1. The number of benzene rings is 1. The van der Waals surface area contributed by atoms with Gasteiger partial charge in [0.25, 0.3) is 0 Å². The Morgan fingerprint density at radius 1 is 1.43 bits per heavy atom. The third kappa shape index (κ3) is 8.00. The second-order valence-electron chi connectivity index (χ2n) is 6.38. The van der Waals surface area contributed by atoms with Gasteiger partial charge in [-0.15, -0.1) is 35.3 Å². The normalized spacial score (nSPS) is 12.4. The summed E-state index contributed by atoms with van der Waals surface area (Å²) in [6, 6.07) is 6.75. The van der Waals surface area contributed by atoms with Crippen LogP contribution in [0.1, 0.15) is 42.6 Å². The van der Waals surface area contributed by atoms with Crippen LogP contribution in [0.2, 0.25) is 0 Å². The zero-order chi connectivity index (χ0) is 19.6. The molecule has 0 fully saturated rings. The Kier molecular flexibility index (Phi) is 11.6. The predicted octanol–water partition coefficient (Wildman–Crippen LogP) is 4.64. The van der Waals surface area contributed by atoms with E-state index in [0.29, 0.717) is 13.1 Å². The Labute approximate surface area is 188 Å². The van der Waals surface area contributed by atoms with Gasteiger partial charge in [-0.3, -0.25) is 4.99 Å². The highest BCUT2D eigenvalue weighted by atomic mass is 127. The molecule has 0 saturated heterocycles. The van der Waals surface area contributed by atoms with E-state index in [1.165, 1.54) is 6.07 Å². The molecule has 0 radical (unpaired) electrons. The van der Waals surface area contributed by atoms with Gasteiger partial charge < -0.3 is 15.0 Å². The first kappa shape index (κ1) is 24.8. The summed E-state index contributed by atoms with van der Waals surface area (Å²) < 4.78 is 18.6. The smallest absolute Gasteiger partial charge is 0.194 e. The summed E-state index contributed by atoms with van der Waals surface area (Å²) in [6.07, 6.45) is 1.70. The molecule has 1 aromatic carbocycles. The van der Waals surface area contributed by atoms with Crippen LogP contribution < -0.4 is 5.32 Å². The third-order valence-electron chi connectivity index (χ3n) is 4.14. The molecule has 1 N–H and O–H groups in total. The number of hydrogen-bond donors (Lipinski definition) is 1. The molecule has 2 rings (SSSR count). The lowest BCUT2D eigenvalue weighted by molar-refractivity contribution is 0.119.